The first-order chi connectivity index (χ1) is 16.5. The number of carbonyl (C=O) groups is 1. The van der Waals surface area contributed by atoms with Crippen LogP contribution in [0.2, 0.25) is 0 Å². The van der Waals surface area contributed by atoms with E-state index < -0.39 is 51.2 Å². The molecule has 2 aromatic rings. The Morgan fingerprint density at radius 2 is 1.86 bits per heavy atom. The van der Waals surface area contributed by atoms with Gasteiger partial charge in [0.25, 0.3) is 5.91 Å². The summed E-state index contributed by atoms with van der Waals surface area (Å²) in [5.74, 6) is -0.508. The van der Waals surface area contributed by atoms with Crippen LogP contribution in [0.4, 0.5) is 0 Å². The predicted molar refractivity (Wildman–Crippen MR) is 121 cm³/mol. The Kier molecular flexibility index (Phi) is 7.36. The lowest BCUT2D eigenvalue weighted by molar-refractivity contribution is -0.192. The summed E-state index contributed by atoms with van der Waals surface area (Å²) >= 11 is 0. The van der Waals surface area contributed by atoms with E-state index in [1.807, 2.05) is 37.3 Å². The van der Waals surface area contributed by atoms with Crippen LogP contribution in [-0.4, -0.2) is 83.3 Å². The molecule has 0 bridgehead atoms. The van der Waals surface area contributed by atoms with Gasteiger partial charge in [0.15, 0.2) is 6.23 Å². The van der Waals surface area contributed by atoms with Crippen molar-refractivity contribution in [3.05, 3.63) is 66.1 Å². The summed E-state index contributed by atoms with van der Waals surface area (Å²) < 4.78 is 20.8. The van der Waals surface area contributed by atoms with Gasteiger partial charge in [0, 0.05) is 18.5 Å². The van der Waals surface area contributed by atoms with E-state index in [0.717, 1.165) is 26.5 Å². The van der Waals surface area contributed by atoms with Crippen LogP contribution in [0.15, 0.2) is 54.9 Å². The minimum atomic E-state index is -4.82. The lowest BCUT2D eigenvalue weighted by Gasteiger charge is -2.41. The van der Waals surface area contributed by atoms with Crippen LogP contribution in [0.3, 0.4) is 0 Å². The number of aliphatic hydroxyl groups excluding tert-OH is 3. The summed E-state index contributed by atoms with van der Waals surface area (Å²) in [6.45, 7) is 1.23. The molecule has 1 amide bonds. The summed E-state index contributed by atoms with van der Waals surface area (Å²) in [4.78, 5) is 36.8. The Bertz CT molecular complexity index is 1160. The number of hydrogen-bond acceptors (Lipinski definition) is 9. The number of aliphatic hydroxyl groups is 3. The zero-order valence-electron chi connectivity index (χ0n) is 18.7. The molecule has 0 aliphatic carbocycles. The van der Waals surface area contributed by atoms with Gasteiger partial charge < -0.3 is 34.7 Å². The fourth-order valence-corrected chi connectivity index (χ4v) is 4.34. The van der Waals surface area contributed by atoms with Gasteiger partial charge in [-0.2, -0.15) is 0 Å². The molecule has 13 heteroatoms. The number of aromatic nitrogens is 1. The van der Waals surface area contributed by atoms with Crippen molar-refractivity contribution in [1.82, 2.24) is 14.8 Å². The molecular weight excluding hydrogens is 481 g/mol. The van der Waals surface area contributed by atoms with Crippen molar-refractivity contribution in [2.24, 2.45) is 0 Å². The number of nitrogens with zero attached hydrogens (tertiary/aromatic N) is 3. The van der Waals surface area contributed by atoms with Crippen LogP contribution in [0, 0.1) is 6.92 Å². The molecule has 0 radical (unpaired) electrons. The number of aryl methyl sites for hydroxylation is 1. The van der Waals surface area contributed by atoms with Gasteiger partial charge in [0.2, 0.25) is 6.35 Å². The van der Waals surface area contributed by atoms with Crippen molar-refractivity contribution in [2.75, 3.05) is 6.61 Å². The molecule has 0 spiro atoms. The highest BCUT2D eigenvalue weighted by Gasteiger charge is 2.48. The zero-order chi connectivity index (χ0) is 25.3. The molecule has 2 aliphatic heterocycles. The van der Waals surface area contributed by atoms with Crippen LogP contribution in [0.5, 0.6) is 0 Å². The lowest BCUT2D eigenvalue weighted by Crippen LogP contribution is -2.57. The highest BCUT2D eigenvalue weighted by molar-refractivity contribution is 7.46. The molecule has 1 aromatic carbocycles. The third-order valence-electron chi connectivity index (χ3n) is 5.76. The highest BCUT2D eigenvalue weighted by Crippen LogP contribution is 2.38. The van der Waals surface area contributed by atoms with Crippen LogP contribution in [0.25, 0.3) is 11.1 Å². The van der Waals surface area contributed by atoms with Crippen molar-refractivity contribution in [1.29, 1.82) is 0 Å². The van der Waals surface area contributed by atoms with E-state index in [-0.39, 0.29) is 6.54 Å². The van der Waals surface area contributed by atoms with Gasteiger partial charge in [-0.3, -0.25) is 19.2 Å². The van der Waals surface area contributed by atoms with E-state index in [1.54, 1.807) is 12.3 Å². The summed E-state index contributed by atoms with van der Waals surface area (Å²) in [5.41, 5.74) is 3.45. The number of rotatable bonds is 7. The van der Waals surface area contributed by atoms with E-state index in [2.05, 4.69) is 9.51 Å². The van der Waals surface area contributed by atoms with E-state index >= 15 is 0 Å². The third-order valence-corrected chi connectivity index (χ3v) is 6.24. The van der Waals surface area contributed by atoms with E-state index in [0.29, 0.717) is 5.69 Å². The number of amides is 1. The van der Waals surface area contributed by atoms with Crippen LogP contribution < -0.4 is 0 Å². The number of benzene rings is 1. The minimum absolute atomic E-state index is 0.0589. The molecule has 3 heterocycles. The summed E-state index contributed by atoms with van der Waals surface area (Å²) in [6, 6.07) is 11.5. The quantitative estimate of drug-likeness (QED) is 0.320. The van der Waals surface area contributed by atoms with Crippen LogP contribution in [0.1, 0.15) is 11.3 Å². The number of phosphoric acid groups is 1. The molecule has 188 valence electrons. The molecule has 4 rings (SSSR count). The monoisotopic (exact) mass is 507 g/mol. The molecular formula is C22H26N3O9P. The predicted octanol–water partition coefficient (Wildman–Crippen LogP) is 0.0468. The van der Waals surface area contributed by atoms with E-state index in [9.17, 15) is 24.7 Å². The Balaban J connectivity index is 1.50. The molecule has 0 saturated carbocycles. The van der Waals surface area contributed by atoms with Crippen molar-refractivity contribution in [2.45, 2.75) is 44.4 Å². The first-order valence-electron chi connectivity index (χ1n) is 10.7. The molecule has 1 saturated heterocycles. The molecule has 12 nitrogen and oxygen atoms in total. The van der Waals surface area contributed by atoms with Crippen LogP contribution in [-0.2, 0) is 25.2 Å². The van der Waals surface area contributed by atoms with Crippen molar-refractivity contribution < 1.29 is 43.7 Å². The Morgan fingerprint density at radius 3 is 2.57 bits per heavy atom. The molecule has 1 aromatic heterocycles. The first-order valence-corrected chi connectivity index (χ1v) is 12.2. The largest absolute Gasteiger partial charge is 0.469 e. The number of pyridine rings is 1. The summed E-state index contributed by atoms with van der Waals surface area (Å²) in [7, 11) is -4.82. The SMILES string of the molecule is Cc1cccc(-c2ccnc(CN3C(=O)C=CN([C@@H]4O[C@H](COP(=O)(O)O)C(O)C4O)C3O)c2)c1. The molecule has 1 fully saturated rings. The van der Waals surface area contributed by atoms with Gasteiger partial charge >= 0.3 is 7.82 Å². The molecule has 5 atom stereocenters. The number of phosphoric ester groups is 1. The smallest absolute Gasteiger partial charge is 0.387 e. The first kappa shape index (κ1) is 25.4. The topological polar surface area (TPSA) is 173 Å². The van der Waals surface area contributed by atoms with Gasteiger partial charge in [-0.15, -0.1) is 0 Å². The standard InChI is InChI=1S/C22H26N3O9P/c1-13-3-2-4-14(9-13)15-5-7-23-16(10-15)11-25-18(26)6-8-24(22(25)29)21-20(28)19(27)17(34-21)12-33-35(30,31)32/h2-10,17,19-22,27-29H,11-12H2,1H3,(H2,30,31,32)/t17-,19?,20?,21-,22?/m1/s1. The average molecular weight is 507 g/mol. The molecule has 3 unspecified atom stereocenters. The molecule has 35 heavy (non-hydrogen) atoms. The second-order valence-electron chi connectivity index (χ2n) is 8.31. The maximum Gasteiger partial charge on any atom is 0.469 e. The second-order valence-corrected chi connectivity index (χ2v) is 9.55. The lowest BCUT2D eigenvalue weighted by atomic mass is 10.0. The van der Waals surface area contributed by atoms with Crippen molar-refractivity contribution in [3.63, 3.8) is 0 Å². The zero-order valence-corrected chi connectivity index (χ0v) is 19.5. The fraction of sp³-hybridized carbons (Fsp3) is 0.364. The number of hydrogen-bond donors (Lipinski definition) is 5. The number of carbonyl (C=O) groups excluding carboxylic acids is 1. The van der Waals surface area contributed by atoms with Gasteiger partial charge in [-0.1, -0.05) is 29.8 Å². The molecule has 2 aliphatic rings. The van der Waals surface area contributed by atoms with Gasteiger partial charge in [0.1, 0.15) is 18.3 Å². The Morgan fingerprint density at radius 1 is 1.11 bits per heavy atom. The highest BCUT2D eigenvalue weighted by atomic mass is 31.2. The average Bonchev–Trinajstić information content (AvgIpc) is 3.09. The van der Waals surface area contributed by atoms with Gasteiger partial charge in [-0.05, 0) is 30.2 Å². The van der Waals surface area contributed by atoms with E-state index in [4.69, 9.17) is 14.5 Å². The number of ether oxygens (including phenoxy) is 1. The van der Waals surface area contributed by atoms with Crippen molar-refractivity contribution >= 4 is 13.7 Å². The fourth-order valence-electron chi connectivity index (χ4n) is 4.00. The van der Waals surface area contributed by atoms with Gasteiger partial charge in [-0.25, -0.2) is 4.57 Å². The normalized spacial score (nSPS) is 27.0. The van der Waals surface area contributed by atoms with E-state index in [1.165, 1.54) is 12.3 Å². The van der Waals surface area contributed by atoms with Crippen LogP contribution >= 0.6 is 7.82 Å². The maximum absolute atomic E-state index is 12.6. The van der Waals surface area contributed by atoms with Crippen molar-refractivity contribution in [3.8, 4) is 11.1 Å². The molecule has 5 N–H and O–H groups in total. The maximum atomic E-state index is 12.6. The second kappa shape index (κ2) is 10.1. The Labute approximate surface area is 200 Å². The van der Waals surface area contributed by atoms with Gasteiger partial charge in [0.05, 0.1) is 18.8 Å². The Hall–Kier alpha value is -2.67. The minimum Gasteiger partial charge on any atom is -0.387 e. The summed E-state index contributed by atoms with van der Waals surface area (Å²) in [6.07, 6.45) is -3.29. The third kappa shape index (κ3) is 5.77. The summed E-state index contributed by atoms with van der Waals surface area (Å²) in [5, 5.41) is 31.6.